The fraction of sp³-hybridized carbons (Fsp3) is 1.00. The molecule has 1 atom stereocenters. The standard InChI is InChI=1S/C10H21P.HI/c1-2-3-9-4-6-10(8-11)7-5-9;/h9-10H,2-8,11H2,1H3;1H/t9-,10-;. The maximum atomic E-state index is 2.89. The van der Waals surface area contributed by atoms with Crippen LogP contribution in [0.2, 0.25) is 0 Å². The molecule has 2 heteroatoms. The lowest BCUT2D eigenvalue weighted by Gasteiger charge is -2.27. The van der Waals surface area contributed by atoms with Gasteiger partial charge in [-0.1, -0.05) is 32.6 Å². The van der Waals surface area contributed by atoms with E-state index in [-0.39, 0.29) is 24.0 Å². The molecular formula is C10H22IP. The van der Waals surface area contributed by atoms with Gasteiger partial charge in [0, 0.05) is 0 Å². The third kappa shape index (κ3) is 4.41. The van der Waals surface area contributed by atoms with Gasteiger partial charge in [-0.15, -0.1) is 33.2 Å². The second kappa shape index (κ2) is 7.55. The third-order valence-corrected chi connectivity index (χ3v) is 3.66. The first-order valence-electron chi connectivity index (χ1n) is 5.06. The Labute approximate surface area is 96.5 Å². The fourth-order valence-electron chi connectivity index (χ4n) is 2.16. The highest BCUT2D eigenvalue weighted by molar-refractivity contribution is 14.0. The molecule has 1 aliphatic rings. The van der Waals surface area contributed by atoms with Crippen molar-refractivity contribution in [3.63, 3.8) is 0 Å². The van der Waals surface area contributed by atoms with E-state index in [9.17, 15) is 0 Å². The van der Waals surface area contributed by atoms with Crippen molar-refractivity contribution >= 4 is 33.2 Å². The summed E-state index contributed by atoms with van der Waals surface area (Å²) < 4.78 is 0. The summed E-state index contributed by atoms with van der Waals surface area (Å²) in [4.78, 5) is 0. The second-order valence-electron chi connectivity index (χ2n) is 3.91. The van der Waals surface area contributed by atoms with Crippen LogP contribution in [0.4, 0.5) is 0 Å². The van der Waals surface area contributed by atoms with Gasteiger partial charge in [0.1, 0.15) is 0 Å². The van der Waals surface area contributed by atoms with Crippen LogP contribution in [0, 0.1) is 11.8 Å². The fourth-order valence-corrected chi connectivity index (χ4v) is 2.64. The molecular weight excluding hydrogens is 278 g/mol. The van der Waals surface area contributed by atoms with Gasteiger partial charge in [-0.2, -0.15) is 0 Å². The predicted octanol–water partition coefficient (Wildman–Crippen LogP) is 4.09. The summed E-state index contributed by atoms with van der Waals surface area (Å²) in [7, 11) is 2.89. The van der Waals surface area contributed by atoms with Crippen molar-refractivity contribution in [3.05, 3.63) is 0 Å². The van der Waals surface area contributed by atoms with Crippen molar-refractivity contribution < 1.29 is 0 Å². The Morgan fingerprint density at radius 1 is 1.08 bits per heavy atom. The molecule has 0 heterocycles. The van der Waals surface area contributed by atoms with Crippen LogP contribution in [0.25, 0.3) is 0 Å². The van der Waals surface area contributed by atoms with Gasteiger partial charge in [-0.3, -0.25) is 0 Å². The Kier molecular flexibility index (Phi) is 8.28. The second-order valence-corrected chi connectivity index (χ2v) is 4.38. The molecule has 1 aliphatic carbocycles. The van der Waals surface area contributed by atoms with Crippen LogP contribution in [0.1, 0.15) is 45.4 Å². The van der Waals surface area contributed by atoms with E-state index in [4.69, 9.17) is 0 Å². The first-order valence-corrected chi connectivity index (χ1v) is 5.88. The van der Waals surface area contributed by atoms with Gasteiger partial charge in [0.15, 0.2) is 0 Å². The molecule has 0 aromatic heterocycles. The molecule has 0 radical (unpaired) electrons. The van der Waals surface area contributed by atoms with E-state index >= 15 is 0 Å². The largest absolute Gasteiger partial charge is 0.137 e. The van der Waals surface area contributed by atoms with Crippen molar-refractivity contribution in [1.82, 2.24) is 0 Å². The van der Waals surface area contributed by atoms with Crippen molar-refractivity contribution in [2.75, 3.05) is 6.16 Å². The van der Waals surface area contributed by atoms with Crippen molar-refractivity contribution in [3.8, 4) is 0 Å². The minimum Gasteiger partial charge on any atom is -0.137 e. The van der Waals surface area contributed by atoms with Crippen LogP contribution >= 0.6 is 33.2 Å². The molecule has 0 aliphatic heterocycles. The highest BCUT2D eigenvalue weighted by Gasteiger charge is 2.18. The molecule has 1 fully saturated rings. The maximum absolute atomic E-state index is 2.89. The summed E-state index contributed by atoms with van der Waals surface area (Å²) in [5.74, 6) is 2.11. The SMILES string of the molecule is CCC[C@H]1CC[C@H](CP)CC1.I. The third-order valence-electron chi connectivity index (χ3n) is 3.00. The van der Waals surface area contributed by atoms with E-state index in [0.29, 0.717) is 0 Å². The van der Waals surface area contributed by atoms with Crippen LogP contribution in [0.15, 0.2) is 0 Å². The van der Waals surface area contributed by atoms with E-state index in [0.717, 1.165) is 11.8 Å². The maximum Gasteiger partial charge on any atom is -0.0353 e. The van der Waals surface area contributed by atoms with Crippen LogP contribution in [-0.4, -0.2) is 6.16 Å². The molecule has 0 spiro atoms. The van der Waals surface area contributed by atoms with Gasteiger partial charge < -0.3 is 0 Å². The van der Waals surface area contributed by atoms with E-state index in [1.165, 1.54) is 44.7 Å². The van der Waals surface area contributed by atoms with Crippen LogP contribution in [0.5, 0.6) is 0 Å². The monoisotopic (exact) mass is 300 g/mol. The molecule has 1 rings (SSSR count). The van der Waals surface area contributed by atoms with Gasteiger partial charge in [0.25, 0.3) is 0 Å². The van der Waals surface area contributed by atoms with Gasteiger partial charge in [-0.25, -0.2) is 0 Å². The number of rotatable bonds is 3. The molecule has 0 nitrogen and oxygen atoms in total. The average Bonchev–Trinajstić information content (AvgIpc) is 2.07. The molecule has 0 amide bonds. The summed E-state index contributed by atoms with van der Waals surface area (Å²) in [5, 5.41) is 0. The lowest BCUT2D eigenvalue weighted by molar-refractivity contribution is 0.279. The van der Waals surface area contributed by atoms with Crippen molar-refractivity contribution in [1.29, 1.82) is 0 Å². The normalized spacial score (nSPS) is 29.5. The Hall–Kier alpha value is 1.16. The summed E-state index contributed by atoms with van der Waals surface area (Å²) >= 11 is 0. The lowest BCUT2D eigenvalue weighted by atomic mass is 9.81. The molecule has 0 aromatic carbocycles. The molecule has 0 bridgehead atoms. The van der Waals surface area contributed by atoms with Gasteiger partial charge in [0.2, 0.25) is 0 Å². The molecule has 0 aromatic rings. The number of hydrogen-bond acceptors (Lipinski definition) is 0. The average molecular weight is 300 g/mol. The van der Waals surface area contributed by atoms with E-state index in [2.05, 4.69) is 16.2 Å². The quantitative estimate of drug-likeness (QED) is 0.544. The molecule has 0 N–H and O–H groups in total. The minimum absolute atomic E-state index is 0. The first-order chi connectivity index (χ1) is 5.36. The lowest BCUT2D eigenvalue weighted by Crippen LogP contribution is -2.15. The van der Waals surface area contributed by atoms with Crippen LogP contribution in [0.3, 0.4) is 0 Å². The van der Waals surface area contributed by atoms with E-state index in [1.807, 2.05) is 0 Å². The van der Waals surface area contributed by atoms with E-state index < -0.39 is 0 Å². The Balaban J connectivity index is 0.00000121. The summed E-state index contributed by atoms with van der Waals surface area (Å²) in [6.45, 7) is 2.31. The summed E-state index contributed by atoms with van der Waals surface area (Å²) in [6, 6.07) is 0. The van der Waals surface area contributed by atoms with Gasteiger partial charge >= 0.3 is 0 Å². The predicted molar refractivity (Wildman–Crippen MR) is 70.3 cm³/mol. The number of halogens is 1. The zero-order valence-electron chi connectivity index (χ0n) is 8.09. The van der Waals surface area contributed by atoms with Gasteiger partial charge in [-0.05, 0) is 30.8 Å². The highest BCUT2D eigenvalue weighted by atomic mass is 127. The van der Waals surface area contributed by atoms with Crippen molar-refractivity contribution in [2.24, 2.45) is 11.8 Å². The van der Waals surface area contributed by atoms with E-state index in [1.54, 1.807) is 0 Å². The highest BCUT2D eigenvalue weighted by Crippen LogP contribution is 2.32. The zero-order valence-corrected chi connectivity index (χ0v) is 11.6. The smallest absolute Gasteiger partial charge is 0.0353 e. The zero-order chi connectivity index (χ0) is 8.10. The molecule has 74 valence electrons. The minimum atomic E-state index is 0. The Morgan fingerprint density at radius 2 is 1.58 bits per heavy atom. The Morgan fingerprint density at radius 3 is 2.00 bits per heavy atom. The van der Waals surface area contributed by atoms with Crippen LogP contribution < -0.4 is 0 Å². The van der Waals surface area contributed by atoms with Gasteiger partial charge in [0.05, 0.1) is 0 Å². The molecule has 0 saturated heterocycles. The summed E-state index contributed by atoms with van der Waals surface area (Å²) in [6.07, 6.45) is 10.2. The molecule has 1 unspecified atom stereocenters. The molecule has 1 saturated carbocycles. The first kappa shape index (κ1) is 13.2. The molecule has 12 heavy (non-hydrogen) atoms. The topological polar surface area (TPSA) is 0 Å². The van der Waals surface area contributed by atoms with Crippen LogP contribution in [-0.2, 0) is 0 Å². The number of hydrogen-bond donors (Lipinski definition) is 0. The summed E-state index contributed by atoms with van der Waals surface area (Å²) in [5.41, 5.74) is 0. The van der Waals surface area contributed by atoms with Crippen molar-refractivity contribution in [2.45, 2.75) is 45.4 Å². The Bertz CT molecular complexity index is 98.0.